The van der Waals surface area contributed by atoms with Crippen molar-refractivity contribution in [2.24, 2.45) is 0 Å². The van der Waals surface area contributed by atoms with E-state index in [2.05, 4.69) is 63.3 Å². The minimum Gasteiger partial charge on any atom is -0.0925 e. The van der Waals surface area contributed by atoms with E-state index in [1.807, 2.05) is 24.3 Å². The number of halogens is 1. The van der Waals surface area contributed by atoms with Gasteiger partial charge in [-0.05, 0) is 66.7 Å². The zero-order chi connectivity index (χ0) is 11.6. The van der Waals surface area contributed by atoms with Gasteiger partial charge >= 0.3 is 0 Å². The molecule has 0 nitrogen and oxygen atoms in total. The van der Waals surface area contributed by atoms with E-state index in [4.69, 9.17) is 0 Å². The summed E-state index contributed by atoms with van der Waals surface area (Å²) in [5.41, 5.74) is 0.929. The van der Waals surface area contributed by atoms with Crippen LogP contribution in [0.5, 0.6) is 0 Å². The first-order valence-corrected chi connectivity index (χ1v) is 5.30. The van der Waals surface area contributed by atoms with Crippen molar-refractivity contribution in [2.75, 3.05) is 0 Å². The average Bonchev–Trinajstić information content (AvgIpc) is 2.30. The summed E-state index contributed by atoms with van der Waals surface area (Å²) in [6.45, 7) is 1.73. The van der Waals surface area contributed by atoms with Gasteiger partial charge in [-0.1, -0.05) is 27.8 Å². The Morgan fingerprint density at radius 3 is 2.00 bits per heavy atom. The fourth-order valence-corrected chi connectivity index (χ4v) is 1.09. The highest BCUT2D eigenvalue weighted by Crippen LogP contribution is 2.09. The molecule has 0 heterocycles. The smallest absolute Gasteiger partial charge is 0.0256 e. The van der Waals surface area contributed by atoms with Crippen LogP contribution in [0.1, 0.15) is 12.5 Å². The van der Waals surface area contributed by atoms with Crippen LogP contribution in [0.3, 0.4) is 0 Å². The van der Waals surface area contributed by atoms with Crippen LogP contribution in [0.15, 0.2) is 28.7 Å². The molecule has 0 saturated carbocycles. The van der Waals surface area contributed by atoms with Crippen molar-refractivity contribution < 1.29 is 0 Å². The molecule has 1 aromatic carbocycles. The highest BCUT2D eigenvalue weighted by molar-refractivity contribution is 9.10. The fourth-order valence-electron chi connectivity index (χ4n) is 0.824. The lowest BCUT2D eigenvalue weighted by atomic mass is 10.2. The van der Waals surface area contributed by atoms with Crippen molar-refractivity contribution in [3.63, 3.8) is 0 Å². The Labute approximate surface area is 105 Å². The Bertz CT molecular complexity index is 591. The molecule has 0 aliphatic heterocycles. The lowest BCUT2D eigenvalue weighted by molar-refractivity contribution is 1.61. The summed E-state index contributed by atoms with van der Waals surface area (Å²) in [6.07, 6.45) is 0. The topological polar surface area (TPSA) is 0 Å². The third kappa shape index (κ3) is 4.98. The number of hydrogen-bond acceptors (Lipinski definition) is 0. The minimum atomic E-state index is 0.929. The van der Waals surface area contributed by atoms with Crippen LogP contribution in [0, 0.1) is 47.4 Å². The Morgan fingerprint density at radius 2 is 1.38 bits per heavy atom. The van der Waals surface area contributed by atoms with E-state index in [1.54, 1.807) is 6.92 Å². The molecule has 0 aliphatic rings. The van der Waals surface area contributed by atoms with Crippen LogP contribution in [0.25, 0.3) is 0 Å². The lowest BCUT2D eigenvalue weighted by Crippen LogP contribution is -1.71. The molecule has 0 radical (unpaired) electrons. The first-order chi connectivity index (χ1) is 7.83. The van der Waals surface area contributed by atoms with Crippen molar-refractivity contribution in [1.82, 2.24) is 0 Å². The van der Waals surface area contributed by atoms with E-state index >= 15 is 0 Å². The second-order valence-electron chi connectivity index (χ2n) is 2.63. The summed E-state index contributed by atoms with van der Waals surface area (Å²) in [4.78, 5) is 0. The maximum atomic E-state index is 3.36. The molecule has 0 aromatic heterocycles. The number of benzene rings is 1. The monoisotopic (exact) mass is 266 g/mol. The molecule has 0 fully saturated rings. The highest BCUT2D eigenvalue weighted by Gasteiger charge is 1.85. The van der Waals surface area contributed by atoms with Gasteiger partial charge in [0.05, 0.1) is 0 Å². The Hall–Kier alpha value is -2.06. The largest absolute Gasteiger partial charge is 0.0925 e. The van der Waals surface area contributed by atoms with Crippen LogP contribution in [-0.4, -0.2) is 0 Å². The normalized spacial score (nSPS) is 6.62. The van der Waals surface area contributed by atoms with E-state index in [0.717, 1.165) is 10.0 Å². The minimum absolute atomic E-state index is 0.929. The lowest BCUT2D eigenvalue weighted by Gasteiger charge is -1.88. The van der Waals surface area contributed by atoms with E-state index in [0.29, 0.717) is 0 Å². The molecular weight excluding hydrogens is 260 g/mol. The summed E-state index contributed by atoms with van der Waals surface area (Å²) in [5.74, 6) is 21.3. The van der Waals surface area contributed by atoms with Crippen molar-refractivity contribution in [3.05, 3.63) is 34.3 Å². The summed E-state index contributed by atoms with van der Waals surface area (Å²) >= 11 is 3.36. The van der Waals surface area contributed by atoms with Crippen LogP contribution < -0.4 is 0 Å². The number of hydrogen-bond donors (Lipinski definition) is 0. The molecule has 74 valence electrons. The molecule has 0 N–H and O–H groups in total. The van der Waals surface area contributed by atoms with Crippen LogP contribution in [-0.2, 0) is 0 Å². The second kappa shape index (κ2) is 7.26. The molecule has 0 saturated heterocycles. The van der Waals surface area contributed by atoms with Gasteiger partial charge in [0.2, 0.25) is 0 Å². The van der Waals surface area contributed by atoms with Crippen molar-refractivity contribution in [1.29, 1.82) is 0 Å². The third-order valence-corrected chi connectivity index (χ3v) is 2.02. The van der Waals surface area contributed by atoms with Gasteiger partial charge in [-0.2, -0.15) is 0 Å². The summed E-state index contributed by atoms with van der Waals surface area (Å²) in [7, 11) is 0. The Kier molecular flexibility index (Phi) is 5.45. The maximum absolute atomic E-state index is 3.36. The second-order valence-corrected chi connectivity index (χ2v) is 3.55. The SMILES string of the molecule is CC#CC#CC#CC#Cc1ccc(Br)cc1. The van der Waals surface area contributed by atoms with Gasteiger partial charge in [0, 0.05) is 10.0 Å². The average molecular weight is 267 g/mol. The molecule has 1 heteroatoms. The van der Waals surface area contributed by atoms with Gasteiger partial charge in [-0.15, -0.1) is 0 Å². The zero-order valence-corrected chi connectivity index (χ0v) is 10.3. The highest BCUT2D eigenvalue weighted by atomic mass is 79.9. The summed E-state index contributed by atoms with van der Waals surface area (Å²) in [5, 5.41) is 0. The maximum Gasteiger partial charge on any atom is 0.0256 e. The first kappa shape index (κ1) is 12.0. The van der Waals surface area contributed by atoms with Gasteiger partial charge < -0.3 is 0 Å². The van der Waals surface area contributed by atoms with E-state index < -0.39 is 0 Å². The molecule has 0 spiro atoms. The predicted octanol–water partition coefficient (Wildman–Crippen LogP) is 2.83. The van der Waals surface area contributed by atoms with Crippen molar-refractivity contribution >= 4 is 15.9 Å². The quantitative estimate of drug-likeness (QED) is 0.634. The van der Waals surface area contributed by atoms with Crippen molar-refractivity contribution in [2.45, 2.75) is 6.92 Å². The molecule has 1 rings (SSSR count). The van der Waals surface area contributed by atoms with Gasteiger partial charge in [-0.25, -0.2) is 0 Å². The van der Waals surface area contributed by atoms with E-state index in [-0.39, 0.29) is 0 Å². The molecule has 0 bridgehead atoms. The van der Waals surface area contributed by atoms with Crippen LogP contribution in [0.4, 0.5) is 0 Å². The van der Waals surface area contributed by atoms with Gasteiger partial charge in [0.25, 0.3) is 0 Å². The van der Waals surface area contributed by atoms with E-state index in [1.165, 1.54) is 0 Å². The predicted molar refractivity (Wildman–Crippen MR) is 70.0 cm³/mol. The molecule has 0 aliphatic carbocycles. The van der Waals surface area contributed by atoms with Crippen LogP contribution >= 0.6 is 15.9 Å². The van der Waals surface area contributed by atoms with Crippen LogP contribution in [0.2, 0.25) is 0 Å². The Morgan fingerprint density at radius 1 is 0.812 bits per heavy atom. The molecule has 0 atom stereocenters. The molecular formula is C15H7Br. The molecule has 1 aromatic rings. The van der Waals surface area contributed by atoms with E-state index in [9.17, 15) is 0 Å². The van der Waals surface area contributed by atoms with Gasteiger partial charge in [-0.3, -0.25) is 0 Å². The van der Waals surface area contributed by atoms with Crippen molar-refractivity contribution in [3.8, 4) is 47.4 Å². The number of rotatable bonds is 0. The molecule has 16 heavy (non-hydrogen) atoms. The Balaban J connectivity index is 2.65. The third-order valence-electron chi connectivity index (χ3n) is 1.49. The summed E-state index contributed by atoms with van der Waals surface area (Å²) in [6, 6.07) is 7.72. The first-order valence-electron chi connectivity index (χ1n) is 4.51. The van der Waals surface area contributed by atoms with Gasteiger partial charge in [0.1, 0.15) is 0 Å². The standard InChI is InChI=1S/C15H7Br/c1-2-3-4-5-6-7-8-9-14-10-12-15(16)13-11-14/h10-13H,1H3. The molecule has 0 unspecified atom stereocenters. The molecule has 0 amide bonds. The fraction of sp³-hybridized carbons (Fsp3) is 0.0667. The summed E-state index contributed by atoms with van der Waals surface area (Å²) < 4.78 is 1.04. The zero-order valence-electron chi connectivity index (χ0n) is 8.69. The van der Waals surface area contributed by atoms with Gasteiger partial charge in [0.15, 0.2) is 0 Å².